The van der Waals surface area contributed by atoms with E-state index in [0.29, 0.717) is 19.6 Å². The molecule has 1 amide bonds. The molecule has 1 saturated heterocycles. The minimum atomic E-state index is -0.933. The quantitative estimate of drug-likeness (QED) is 0.622. The first-order valence-electron chi connectivity index (χ1n) is 6.60. The third-order valence-electron chi connectivity index (χ3n) is 3.47. The zero-order chi connectivity index (χ0) is 14.6. The highest BCUT2D eigenvalue weighted by Gasteiger charge is 2.41. The van der Waals surface area contributed by atoms with Crippen LogP contribution in [-0.4, -0.2) is 41.0 Å². The zero-order valence-corrected chi connectivity index (χ0v) is 12.6. The predicted molar refractivity (Wildman–Crippen MR) is 76.6 cm³/mol. The Kier molecular flexibility index (Phi) is 5.29. The van der Waals surface area contributed by atoms with Gasteiger partial charge in [-0.1, -0.05) is 12.2 Å². The number of thiocarbonyl (C=S) groups is 1. The first-order valence-corrected chi connectivity index (χ1v) is 7.00. The summed E-state index contributed by atoms with van der Waals surface area (Å²) in [6.45, 7) is 6.00. The van der Waals surface area contributed by atoms with Gasteiger partial charge in [-0.15, -0.1) is 0 Å². The Morgan fingerprint density at radius 1 is 1.42 bits per heavy atom. The molecule has 0 radical (unpaired) electrons. The van der Waals surface area contributed by atoms with Gasteiger partial charge in [-0.3, -0.25) is 4.79 Å². The summed E-state index contributed by atoms with van der Waals surface area (Å²) in [5.74, 6) is -0.535. The molecule has 0 spiro atoms. The highest BCUT2D eigenvalue weighted by Crippen LogP contribution is 2.26. The van der Waals surface area contributed by atoms with Gasteiger partial charge in [-0.2, -0.15) is 0 Å². The van der Waals surface area contributed by atoms with E-state index in [4.69, 9.17) is 22.7 Å². The molecule has 5 nitrogen and oxygen atoms in total. The molecule has 0 aromatic heterocycles. The number of nitrogens with zero attached hydrogens (tertiary/aromatic N) is 1. The molecule has 1 unspecified atom stereocenters. The Morgan fingerprint density at radius 2 is 2.05 bits per heavy atom. The molecule has 1 aliphatic heterocycles. The predicted octanol–water partition coefficient (Wildman–Crippen LogP) is 1.24. The van der Waals surface area contributed by atoms with E-state index >= 15 is 0 Å². The molecule has 0 bridgehead atoms. The maximum Gasteiger partial charge on any atom is 0.328 e. The molecule has 6 heteroatoms. The lowest BCUT2D eigenvalue weighted by molar-refractivity contribution is -0.158. The number of likely N-dealkylation sites (tertiary alicyclic amines) is 1. The lowest BCUT2D eigenvalue weighted by Crippen LogP contribution is -2.55. The standard InChI is InChI=1S/C13H22N2O3S/c1-4-18-10(16)9-7-5-6-8-15(9)12(17)13(2,3)11(14)19/h9H,4-8H2,1-3H3,(H2,14,19). The number of carbonyl (C=O) groups is 2. The first kappa shape index (κ1) is 15.9. The number of hydrogen-bond acceptors (Lipinski definition) is 4. The fourth-order valence-electron chi connectivity index (χ4n) is 2.12. The van der Waals surface area contributed by atoms with E-state index in [9.17, 15) is 9.59 Å². The molecule has 19 heavy (non-hydrogen) atoms. The monoisotopic (exact) mass is 286 g/mol. The number of piperidine rings is 1. The van der Waals surface area contributed by atoms with Crippen LogP contribution in [-0.2, 0) is 14.3 Å². The normalized spacial score (nSPS) is 19.9. The van der Waals surface area contributed by atoms with E-state index in [1.807, 2.05) is 0 Å². The van der Waals surface area contributed by atoms with Crippen LogP contribution in [0.3, 0.4) is 0 Å². The molecular weight excluding hydrogens is 264 g/mol. The summed E-state index contributed by atoms with van der Waals surface area (Å²) in [6.07, 6.45) is 2.44. The molecule has 1 fully saturated rings. The van der Waals surface area contributed by atoms with E-state index in [1.54, 1.807) is 25.7 Å². The Morgan fingerprint density at radius 3 is 2.58 bits per heavy atom. The molecule has 1 rings (SSSR count). The average molecular weight is 286 g/mol. The van der Waals surface area contributed by atoms with E-state index in [1.165, 1.54) is 0 Å². The van der Waals surface area contributed by atoms with Gasteiger partial charge in [0.2, 0.25) is 5.91 Å². The molecule has 0 aromatic carbocycles. The third-order valence-corrected chi connectivity index (χ3v) is 3.98. The fraction of sp³-hybridized carbons (Fsp3) is 0.769. The highest BCUT2D eigenvalue weighted by atomic mass is 32.1. The summed E-state index contributed by atoms with van der Waals surface area (Å²) in [4.78, 5) is 26.2. The molecule has 1 aliphatic rings. The van der Waals surface area contributed by atoms with Gasteiger partial charge in [0.25, 0.3) is 0 Å². The van der Waals surface area contributed by atoms with Crippen molar-refractivity contribution < 1.29 is 14.3 Å². The largest absolute Gasteiger partial charge is 0.464 e. The van der Waals surface area contributed by atoms with Gasteiger partial charge in [0.1, 0.15) is 6.04 Å². The summed E-state index contributed by atoms with van der Waals surface area (Å²) >= 11 is 4.95. The molecular formula is C13H22N2O3S. The van der Waals surface area contributed by atoms with Crippen molar-refractivity contribution in [3.63, 3.8) is 0 Å². The van der Waals surface area contributed by atoms with Crippen LogP contribution in [0, 0.1) is 5.41 Å². The molecule has 108 valence electrons. The second-order valence-electron chi connectivity index (χ2n) is 5.25. The summed E-state index contributed by atoms with van der Waals surface area (Å²) in [5.41, 5.74) is 4.69. The maximum absolute atomic E-state index is 12.5. The van der Waals surface area contributed by atoms with Crippen molar-refractivity contribution in [3.8, 4) is 0 Å². The van der Waals surface area contributed by atoms with Crippen molar-refractivity contribution in [2.75, 3.05) is 13.2 Å². The van der Waals surface area contributed by atoms with Gasteiger partial charge in [0.05, 0.1) is 17.0 Å². The Bertz CT molecular complexity index is 382. The van der Waals surface area contributed by atoms with Crippen molar-refractivity contribution in [2.24, 2.45) is 11.1 Å². The molecule has 0 saturated carbocycles. The van der Waals surface area contributed by atoms with Crippen LogP contribution >= 0.6 is 12.2 Å². The molecule has 2 N–H and O–H groups in total. The smallest absolute Gasteiger partial charge is 0.328 e. The Hall–Kier alpha value is -1.17. The van der Waals surface area contributed by atoms with Crippen LogP contribution in [0.25, 0.3) is 0 Å². The van der Waals surface area contributed by atoms with Crippen molar-refractivity contribution in [3.05, 3.63) is 0 Å². The summed E-state index contributed by atoms with van der Waals surface area (Å²) < 4.78 is 5.04. The zero-order valence-electron chi connectivity index (χ0n) is 11.8. The van der Waals surface area contributed by atoms with Crippen LogP contribution in [0.5, 0.6) is 0 Å². The number of rotatable bonds is 4. The van der Waals surface area contributed by atoms with Crippen LogP contribution < -0.4 is 5.73 Å². The van der Waals surface area contributed by atoms with E-state index in [2.05, 4.69) is 0 Å². The Balaban J connectivity index is 2.91. The summed E-state index contributed by atoms with van der Waals surface area (Å²) in [5, 5.41) is 0. The van der Waals surface area contributed by atoms with Crippen molar-refractivity contribution in [1.29, 1.82) is 0 Å². The second kappa shape index (κ2) is 6.32. The average Bonchev–Trinajstić information content (AvgIpc) is 2.37. The lowest BCUT2D eigenvalue weighted by atomic mass is 9.89. The van der Waals surface area contributed by atoms with Crippen molar-refractivity contribution in [1.82, 2.24) is 4.90 Å². The van der Waals surface area contributed by atoms with E-state index in [0.717, 1.165) is 12.8 Å². The number of ether oxygens (including phenoxy) is 1. The van der Waals surface area contributed by atoms with Gasteiger partial charge in [-0.25, -0.2) is 4.79 Å². The first-order chi connectivity index (χ1) is 8.82. The van der Waals surface area contributed by atoms with Crippen LogP contribution in [0.15, 0.2) is 0 Å². The van der Waals surface area contributed by atoms with Gasteiger partial charge < -0.3 is 15.4 Å². The number of amides is 1. The Labute approximate surface area is 119 Å². The van der Waals surface area contributed by atoms with E-state index < -0.39 is 11.5 Å². The van der Waals surface area contributed by atoms with E-state index in [-0.39, 0.29) is 16.9 Å². The van der Waals surface area contributed by atoms with Crippen molar-refractivity contribution in [2.45, 2.75) is 46.1 Å². The minimum absolute atomic E-state index is 0.144. The number of hydrogen-bond donors (Lipinski definition) is 1. The SMILES string of the molecule is CCOC(=O)C1CCCCN1C(=O)C(C)(C)C(N)=S. The van der Waals surface area contributed by atoms with Crippen LogP contribution in [0.4, 0.5) is 0 Å². The third kappa shape index (κ3) is 3.43. The molecule has 0 aromatic rings. The summed E-state index contributed by atoms with van der Waals surface area (Å²) in [7, 11) is 0. The fourth-order valence-corrected chi connectivity index (χ4v) is 2.21. The lowest BCUT2D eigenvalue weighted by Gasteiger charge is -2.38. The minimum Gasteiger partial charge on any atom is -0.464 e. The maximum atomic E-state index is 12.5. The van der Waals surface area contributed by atoms with Gasteiger partial charge in [0, 0.05) is 6.54 Å². The number of esters is 1. The second-order valence-corrected chi connectivity index (χ2v) is 5.69. The van der Waals surface area contributed by atoms with Crippen molar-refractivity contribution >= 4 is 29.1 Å². The highest BCUT2D eigenvalue weighted by molar-refractivity contribution is 7.80. The molecule has 1 heterocycles. The van der Waals surface area contributed by atoms with Crippen LogP contribution in [0.1, 0.15) is 40.0 Å². The van der Waals surface area contributed by atoms with Gasteiger partial charge in [0.15, 0.2) is 0 Å². The number of nitrogens with two attached hydrogens (primary N) is 1. The molecule has 1 atom stereocenters. The van der Waals surface area contributed by atoms with Gasteiger partial charge in [-0.05, 0) is 40.0 Å². The molecule has 0 aliphatic carbocycles. The number of carbonyl (C=O) groups excluding carboxylic acids is 2. The topological polar surface area (TPSA) is 72.6 Å². The van der Waals surface area contributed by atoms with Crippen LogP contribution in [0.2, 0.25) is 0 Å². The summed E-state index contributed by atoms with van der Waals surface area (Å²) in [6, 6.07) is -0.505. The van der Waals surface area contributed by atoms with Gasteiger partial charge >= 0.3 is 5.97 Å².